The van der Waals surface area contributed by atoms with Crippen molar-refractivity contribution in [3.63, 3.8) is 0 Å². The maximum Gasteiger partial charge on any atom is 0.407 e. The van der Waals surface area contributed by atoms with E-state index < -0.39 is 11.7 Å². The SMILES string of the molecule is C=CCC(O)(CCN(C(=O)O)[C@@H](C)C(C)(C)C)c1ccc(F)cc1. The number of aliphatic hydroxyl groups is 1. The Hall–Kier alpha value is -1.88. The number of amides is 1. The normalized spacial score (nSPS) is 15.4. The van der Waals surface area contributed by atoms with E-state index in [1.807, 2.05) is 27.7 Å². The predicted octanol–water partition coefficient (Wildman–Crippen LogP) is 4.39. The molecule has 24 heavy (non-hydrogen) atoms. The van der Waals surface area contributed by atoms with Gasteiger partial charge in [0.1, 0.15) is 5.82 Å². The molecule has 0 fully saturated rings. The van der Waals surface area contributed by atoms with Gasteiger partial charge in [-0.1, -0.05) is 39.0 Å². The van der Waals surface area contributed by atoms with Crippen LogP contribution in [0.15, 0.2) is 36.9 Å². The summed E-state index contributed by atoms with van der Waals surface area (Å²) in [5.74, 6) is -0.381. The molecule has 1 amide bonds. The van der Waals surface area contributed by atoms with Crippen LogP contribution in [0.3, 0.4) is 0 Å². The number of halogens is 1. The minimum absolute atomic E-state index is 0.176. The number of carboxylic acid groups (broad SMARTS) is 1. The third-order valence-corrected chi connectivity index (χ3v) is 4.60. The first kappa shape index (κ1) is 20.2. The Bertz CT molecular complexity index is 565. The summed E-state index contributed by atoms with van der Waals surface area (Å²) in [5.41, 5.74) is -0.941. The van der Waals surface area contributed by atoms with Crippen LogP contribution in [0, 0.1) is 11.2 Å². The average molecular weight is 337 g/mol. The van der Waals surface area contributed by atoms with Crippen LogP contribution in [0.4, 0.5) is 9.18 Å². The van der Waals surface area contributed by atoms with Crippen LogP contribution >= 0.6 is 0 Å². The van der Waals surface area contributed by atoms with Gasteiger partial charge in [-0.15, -0.1) is 6.58 Å². The van der Waals surface area contributed by atoms with Gasteiger partial charge in [0.05, 0.1) is 5.60 Å². The molecule has 1 aromatic carbocycles. The minimum Gasteiger partial charge on any atom is -0.465 e. The quantitative estimate of drug-likeness (QED) is 0.725. The molecule has 0 aliphatic rings. The molecule has 4 nitrogen and oxygen atoms in total. The van der Waals surface area contributed by atoms with Crippen molar-refractivity contribution in [1.82, 2.24) is 4.90 Å². The number of benzene rings is 1. The van der Waals surface area contributed by atoms with Crippen molar-refractivity contribution in [2.75, 3.05) is 6.54 Å². The Labute approximate surface area is 143 Å². The van der Waals surface area contributed by atoms with Crippen molar-refractivity contribution in [2.45, 2.75) is 52.2 Å². The van der Waals surface area contributed by atoms with Crippen LogP contribution < -0.4 is 0 Å². The van der Waals surface area contributed by atoms with Crippen molar-refractivity contribution in [1.29, 1.82) is 0 Å². The van der Waals surface area contributed by atoms with Crippen LogP contribution in [-0.2, 0) is 5.60 Å². The largest absolute Gasteiger partial charge is 0.465 e. The zero-order chi connectivity index (χ0) is 18.5. The maximum absolute atomic E-state index is 13.1. The van der Waals surface area contributed by atoms with E-state index >= 15 is 0 Å². The van der Waals surface area contributed by atoms with Crippen molar-refractivity contribution >= 4 is 6.09 Å². The van der Waals surface area contributed by atoms with Crippen molar-refractivity contribution in [3.8, 4) is 0 Å². The van der Waals surface area contributed by atoms with E-state index in [1.54, 1.807) is 6.08 Å². The lowest BCUT2D eigenvalue weighted by Gasteiger charge is -2.38. The molecule has 0 aliphatic heterocycles. The molecule has 0 saturated carbocycles. The average Bonchev–Trinajstić information content (AvgIpc) is 2.46. The van der Waals surface area contributed by atoms with Gasteiger partial charge in [0.25, 0.3) is 0 Å². The van der Waals surface area contributed by atoms with Gasteiger partial charge in [0.15, 0.2) is 0 Å². The van der Waals surface area contributed by atoms with Gasteiger partial charge in [-0.25, -0.2) is 9.18 Å². The molecule has 0 aliphatic carbocycles. The Morgan fingerprint density at radius 1 is 1.33 bits per heavy atom. The summed E-state index contributed by atoms with van der Waals surface area (Å²) in [6, 6.07) is 5.41. The summed E-state index contributed by atoms with van der Waals surface area (Å²) >= 11 is 0. The lowest BCUT2D eigenvalue weighted by molar-refractivity contribution is 0.0106. The van der Waals surface area contributed by atoms with Gasteiger partial charge < -0.3 is 15.1 Å². The van der Waals surface area contributed by atoms with Crippen molar-refractivity contribution in [2.24, 2.45) is 5.41 Å². The molecular weight excluding hydrogens is 309 g/mol. The first-order valence-electron chi connectivity index (χ1n) is 8.10. The Morgan fingerprint density at radius 2 is 1.88 bits per heavy atom. The standard InChI is InChI=1S/C19H28FNO3/c1-6-11-19(24,15-7-9-16(20)10-8-15)12-13-21(17(22)23)14(2)18(3,4)5/h6-10,14,24H,1,11-13H2,2-5H3,(H,22,23)/t14-,19?/m0/s1. The second-order valence-corrected chi connectivity index (χ2v) is 7.30. The molecule has 1 aromatic rings. The highest BCUT2D eigenvalue weighted by Gasteiger charge is 2.33. The molecular formula is C19H28FNO3. The van der Waals surface area contributed by atoms with Crippen LogP contribution in [0.5, 0.6) is 0 Å². The van der Waals surface area contributed by atoms with Gasteiger partial charge in [-0.2, -0.15) is 0 Å². The third-order valence-electron chi connectivity index (χ3n) is 4.60. The second kappa shape index (κ2) is 7.79. The molecule has 134 valence electrons. The summed E-state index contributed by atoms with van der Waals surface area (Å²) in [7, 11) is 0. The van der Waals surface area contributed by atoms with Crippen molar-refractivity contribution in [3.05, 3.63) is 48.3 Å². The smallest absolute Gasteiger partial charge is 0.407 e. The molecule has 0 aromatic heterocycles. The molecule has 0 bridgehead atoms. The lowest BCUT2D eigenvalue weighted by atomic mass is 9.84. The molecule has 2 N–H and O–H groups in total. The van der Waals surface area contributed by atoms with Crippen LogP contribution in [0.2, 0.25) is 0 Å². The van der Waals surface area contributed by atoms with Gasteiger partial charge in [0, 0.05) is 12.6 Å². The van der Waals surface area contributed by atoms with Gasteiger partial charge in [0.2, 0.25) is 0 Å². The van der Waals surface area contributed by atoms with Crippen LogP contribution in [0.25, 0.3) is 0 Å². The molecule has 0 heterocycles. The Kier molecular flexibility index (Phi) is 6.55. The van der Waals surface area contributed by atoms with E-state index in [-0.39, 0.29) is 36.7 Å². The van der Waals surface area contributed by atoms with Gasteiger partial charge >= 0.3 is 6.09 Å². The summed E-state index contributed by atoms with van der Waals surface area (Å²) in [6.07, 6.45) is 1.03. The fraction of sp³-hybridized carbons (Fsp3) is 0.526. The predicted molar refractivity (Wildman–Crippen MR) is 93.4 cm³/mol. The minimum atomic E-state index is -1.28. The molecule has 0 saturated heterocycles. The number of hydrogen-bond acceptors (Lipinski definition) is 2. The molecule has 1 rings (SSSR count). The van der Waals surface area contributed by atoms with Crippen LogP contribution in [-0.4, -0.2) is 33.8 Å². The lowest BCUT2D eigenvalue weighted by Crippen LogP contribution is -2.47. The first-order chi connectivity index (χ1) is 11.0. The highest BCUT2D eigenvalue weighted by atomic mass is 19.1. The molecule has 0 spiro atoms. The monoisotopic (exact) mass is 337 g/mol. The third kappa shape index (κ3) is 5.06. The number of rotatable bonds is 7. The van der Waals surface area contributed by atoms with E-state index in [4.69, 9.17) is 0 Å². The van der Waals surface area contributed by atoms with E-state index in [9.17, 15) is 19.4 Å². The summed E-state index contributed by atoms with van der Waals surface area (Å²) < 4.78 is 13.1. The van der Waals surface area contributed by atoms with Gasteiger partial charge in [-0.05, 0) is 42.9 Å². The Morgan fingerprint density at radius 3 is 2.29 bits per heavy atom. The van der Waals surface area contributed by atoms with E-state index in [0.29, 0.717) is 5.56 Å². The van der Waals surface area contributed by atoms with E-state index in [1.165, 1.54) is 29.2 Å². The topological polar surface area (TPSA) is 60.8 Å². The second-order valence-electron chi connectivity index (χ2n) is 7.30. The Balaban J connectivity index is 3.00. The summed E-state index contributed by atoms with van der Waals surface area (Å²) in [4.78, 5) is 13.0. The van der Waals surface area contributed by atoms with Crippen LogP contribution in [0.1, 0.15) is 46.1 Å². The highest BCUT2D eigenvalue weighted by Crippen LogP contribution is 2.31. The van der Waals surface area contributed by atoms with E-state index in [2.05, 4.69) is 6.58 Å². The first-order valence-corrected chi connectivity index (χ1v) is 8.10. The van der Waals surface area contributed by atoms with Crippen molar-refractivity contribution < 1.29 is 19.4 Å². The fourth-order valence-electron chi connectivity index (χ4n) is 2.59. The molecule has 0 radical (unpaired) electrons. The number of hydrogen-bond donors (Lipinski definition) is 2. The fourth-order valence-corrected chi connectivity index (χ4v) is 2.59. The number of nitrogens with zero attached hydrogens (tertiary/aromatic N) is 1. The van der Waals surface area contributed by atoms with E-state index in [0.717, 1.165) is 0 Å². The number of carbonyl (C=O) groups is 1. The molecule has 2 atom stereocenters. The van der Waals surface area contributed by atoms with Gasteiger partial charge in [-0.3, -0.25) is 0 Å². The molecule has 5 heteroatoms. The summed E-state index contributed by atoms with van der Waals surface area (Å²) in [6.45, 7) is 11.6. The maximum atomic E-state index is 13.1. The summed E-state index contributed by atoms with van der Waals surface area (Å²) in [5, 5.41) is 20.5. The molecule has 1 unspecified atom stereocenters. The zero-order valence-corrected chi connectivity index (χ0v) is 14.9. The highest BCUT2D eigenvalue weighted by molar-refractivity contribution is 5.65. The zero-order valence-electron chi connectivity index (χ0n) is 14.9.